The lowest BCUT2D eigenvalue weighted by molar-refractivity contribution is -0.115. The lowest BCUT2D eigenvalue weighted by atomic mass is 10.0. The Hall–Kier alpha value is -1.88. The van der Waals surface area contributed by atoms with Crippen LogP contribution in [0.4, 0.5) is 5.69 Å². The molecule has 5 nitrogen and oxygen atoms in total. The molecule has 0 bridgehead atoms. The van der Waals surface area contributed by atoms with Crippen molar-refractivity contribution in [3.63, 3.8) is 0 Å². The molecule has 1 aromatic carbocycles. The van der Waals surface area contributed by atoms with Crippen molar-refractivity contribution >= 4 is 17.5 Å². The molecule has 0 spiro atoms. The molecule has 1 aliphatic heterocycles. The third-order valence-corrected chi connectivity index (χ3v) is 7.30. The predicted molar refractivity (Wildman–Crippen MR) is 153 cm³/mol. The number of likely N-dealkylation sites (tertiary alicyclic amines) is 1. The number of amides is 2. The largest absolute Gasteiger partial charge is 0.339 e. The fourth-order valence-corrected chi connectivity index (χ4v) is 5.00. The van der Waals surface area contributed by atoms with Crippen molar-refractivity contribution in [3.8, 4) is 0 Å². The summed E-state index contributed by atoms with van der Waals surface area (Å²) in [6.45, 7) is 5.19. The summed E-state index contributed by atoms with van der Waals surface area (Å²) in [7, 11) is 0. The molecule has 5 heteroatoms. The molecule has 0 saturated carbocycles. The lowest BCUT2D eigenvalue weighted by Gasteiger charge is -2.20. The molecule has 2 rings (SSSR count). The highest BCUT2D eigenvalue weighted by molar-refractivity contribution is 5.96. The van der Waals surface area contributed by atoms with Gasteiger partial charge in [-0.05, 0) is 50.1 Å². The smallest absolute Gasteiger partial charge is 0.253 e. The van der Waals surface area contributed by atoms with E-state index in [-0.39, 0.29) is 11.8 Å². The van der Waals surface area contributed by atoms with Crippen LogP contribution in [0.5, 0.6) is 0 Å². The summed E-state index contributed by atoms with van der Waals surface area (Å²) in [5.41, 5.74) is 1.44. The highest BCUT2D eigenvalue weighted by Gasteiger charge is 2.17. The van der Waals surface area contributed by atoms with Crippen molar-refractivity contribution in [2.45, 2.75) is 122 Å². The van der Waals surface area contributed by atoms with E-state index < -0.39 is 0 Å². The fourth-order valence-electron chi connectivity index (χ4n) is 5.00. The maximum absolute atomic E-state index is 12.7. The average Bonchev–Trinajstić information content (AvgIpc) is 3.18. The molecular weight excluding hydrogens is 446 g/mol. The minimum absolute atomic E-state index is 0.0352. The molecule has 2 amide bonds. The van der Waals surface area contributed by atoms with Crippen molar-refractivity contribution in [3.05, 3.63) is 29.8 Å². The zero-order valence-electron chi connectivity index (χ0n) is 23.1. The number of benzene rings is 1. The van der Waals surface area contributed by atoms with E-state index in [9.17, 15) is 9.59 Å². The molecule has 0 unspecified atom stereocenters. The number of nitrogens with one attached hydrogen (secondary N) is 2. The van der Waals surface area contributed by atoms with Gasteiger partial charge in [0.1, 0.15) is 0 Å². The third kappa shape index (κ3) is 14.0. The normalized spacial score (nSPS) is 14.0. The Bertz CT molecular complexity index is 696. The molecule has 1 aliphatic rings. The Morgan fingerprint density at radius 2 is 1.19 bits per heavy atom. The summed E-state index contributed by atoms with van der Waals surface area (Å²) in [6, 6.07) is 7.31. The molecule has 0 aliphatic carbocycles. The molecule has 1 fully saturated rings. The van der Waals surface area contributed by atoms with Crippen molar-refractivity contribution in [1.82, 2.24) is 10.2 Å². The van der Waals surface area contributed by atoms with Crippen LogP contribution in [-0.4, -0.2) is 42.9 Å². The summed E-state index contributed by atoms with van der Waals surface area (Å²) in [6.07, 6.45) is 23.6. The second-order valence-corrected chi connectivity index (χ2v) is 10.6. The van der Waals surface area contributed by atoms with Gasteiger partial charge in [-0.25, -0.2) is 0 Å². The van der Waals surface area contributed by atoms with Gasteiger partial charge in [0.25, 0.3) is 5.91 Å². The minimum atomic E-state index is -0.0352. The van der Waals surface area contributed by atoms with E-state index in [1.807, 2.05) is 29.2 Å². The van der Waals surface area contributed by atoms with Gasteiger partial charge in [-0.3, -0.25) is 9.59 Å². The summed E-state index contributed by atoms with van der Waals surface area (Å²) in [4.78, 5) is 26.9. The van der Waals surface area contributed by atoms with E-state index >= 15 is 0 Å². The zero-order valence-corrected chi connectivity index (χ0v) is 23.1. The Morgan fingerprint density at radius 3 is 1.72 bits per heavy atom. The van der Waals surface area contributed by atoms with Crippen LogP contribution in [0.3, 0.4) is 0 Å². The first-order valence-corrected chi connectivity index (χ1v) is 15.1. The van der Waals surface area contributed by atoms with Crippen LogP contribution in [0.2, 0.25) is 0 Å². The van der Waals surface area contributed by atoms with E-state index in [0.29, 0.717) is 12.1 Å². The maximum Gasteiger partial charge on any atom is 0.253 e. The van der Waals surface area contributed by atoms with Crippen molar-refractivity contribution in [1.29, 1.82) is 0 Å². The van der Waals surface area contributed by atoms with E-state index in [0.717, 1.165) is 44.6 Å². The first-order valence-electron chi connectivity index (χ1n) is 15.1. The number of nitrogens with zero attached hydrogens (tertiary/aromatic N) is 1. The van der Waals surface area contributed by atoms with Gasteiger partial charge in [0.15, 0.2) is 0 Å². The van der Waals surface area contributed by atoms with Gasteiger partial charge in [0.05, 0.1) is 6.54 Å². The Morgan fingerprint density at radius 1 is 0.694 bits per heavy atom. The lowest BCUT2D eigenvalue weighted by Crippen LogP contribution is -2.31. The van der Waals surface area contributed by atoms with Crippen molar-refractivity contribution in [2.75, 3.05) is 31.5 Å². The second-order valence-electron chi connectivity index (χ2n) is 10.6. The molecule has 204 valence electrons. The van der Waals surface area contributed by atoms with Crippen LogP contribution in [0.15, 0.2) is 24.3 Å². The molecular formula is C31H53N3O2. The molecule has 0 aromatic heterocycles. The molecule has 2 N–H and O–H groups in total. The summed E-state index contributed by atoms with van der Waals surface area (Å²) >= 11 is 0. The molecule has 36 heavy (non-hydrogen) atoms. The fraction of sp³-hybridized carbons (Fsp3) is 0.742. The van der Waals surface area contributed by atoms with Gasteiger partial charge in [-0.2, -0.15) is 0 Å². The topological polar surface area (TPSA) is 61.4 Å². The van der Waals surface area contributed by atoms with Gasteiger partial charge in [0, 0.05) is 24.3 Å². The zero-order chi connectivity index (χ0) is 25.7. The predicted octanol–water partition coefficient (Wildman–Crippen LogP) is 7.71. The molecule has 1 heterocycles. The Kier molecular flexibility index (Phi) is 17.0. The maximum atomic E-state index is 12.7. The van der Waals surface area contributed by atoms with E-state index in [2.05, 4.69) is 17.6 Å². The number of carbonyl (C=O) groups excluding carboxylic acids is 2. The van der Waals surface area contributed by atoms with E-state index in [1.54, 1.807) is 0 Å². The van der Waals surface area contributed by atoms with Gasteiger partial charge in [-0.15, -0.1) is 0 Å². The number of hydrogen-bond acceptors (Lipinski definition) is 3. The molecule has 1 saturated heterocycles. The molecule has 1 aromatic rings. The standard InChI is InChI=1S/C31H53N3O2/c1-2-3-4-5-6-7-8-9-10-11-12-13-14-17-24-32-27-30(35)33-29-22-20-28(21-23-29)31(36)34-25-18-15-16-19-26-34/h20-23,32H,2-19,24-27H2,1H3,(H,33,35). The van der Waals surface area contributed by atoms with Crippen LogP contribution in [0.1, 0.15) is 133 Å². The Labute approximate surface area is 221 Å². The van der Waals surface area contributed by atoms with Gasteiger partial charge in [0.2, 0.25) is 5.91 Å². The van der Waals surface area contributed by atoms with Crippen LogP contribution in [0.25, 0.3) is 0 Å². The highest BCUT2D eigenvalue weighted by atomic mass is 16.2. The van der Waals surface area contributed by atoms with Gasteiger partial charge in [-0.1, -0.05) is 103 Å². The van der Waals surface area contributed by atoms with Crippen LogP contribution in [0, 0.1) is 0 Å². The van der Waals surface area contributed by atoms with E-state index in [1.165, 1.54) is 96.3 Å². The minimum Gasteiger partial charge on any atom is -0.339 e. The number of unbranched alkanes of at least 4 members (excludes halogenated alkanes) is 13. The summed E-state index contributed by atoms with van der Waals surface area (Å²) in [5.74, 6) is 0.0663. The van der Waals surface area contributed by atoms with Crippen molar-refractivity contribution < 1.29 is 9.59 Å². The van der Waals surface area contributed by atoms with Crippen LogP contribution in [-0.2, 0) is 4.79 Å². The average molecular weight is 500 g/mol. The van der Waals surface area contributed by atoms with Crippen LogP contribution >= 0.6 is 0 Å². The highest BCUT2D eigenvalue weighted by Crippen LogP contribution is 2.16. The summed E-state index contributed by atoms with van der Waals surface area (Å²) < 4.78 is 0. The van der Waals surface area contributed by atoms with Gasteiger partial charge >= 0.3 is 0 Å². The number of hydrogen-bond donors (Lipinski definition) is 2. The molecule has 0 atom stereocenters. The second kappa shape index (κ2) is 20.2. The van der Waals surface area contributed by atoms with Crippen molar-refractivity contribution in [2.24, 2.45) is 0 Å². The van der Waals surface area contributed by atoms with Crippen LogP contribution < -0.4 is 10.6 Å². The first kappa shape index (κ1) is 30.3. The third-order valence-electron chi connectivity index (χ3n) is 7.30. The summed E-state index contributed by atoms with van der Waals surface area (Å²) in [5, 5.41) is 6.18. The first-order chi connectivity index (χ1) is 17.7. The number of anilines is 1. The number of rotatable bonds is 19. The Balaban J connectivity index is 1.42. The van der Waals surface area contributed by atoms with E-state index in [4.69, 9.17) is 0 Å². The van der Waals surface area contributed by atoms with Gasteiger partial charge < -0.3 is 15.5 Å². The number of carbonyl (C=O) groups is 2. The molecule has 0 radical (unpaired) electrons. The SMILES string of the molecule is CCCCCCCCCCCCCCCCNCC(=O)Nc1ccc(C(=O)N2CCCCCC2)cc1. The monoisotopic (exact) mass is 499 g/mol. The quantitative estimate of drug-likeness (QED) is 0.192.